The summed E-state index contributed by atoms with van der Waals surface area (Å²) >= 11 is 0. The number of rotatable bonds is 3. The summed E-state index contributed by atoms with van der Waals surface area (Å²) in [4.78, 5) is 0. The van der Waals surface area contributed by atoms with Crippen molar-refractivity contribution in [2.45, 2.75) is 27.3 Å². The van der Waals surface area contributed by atoms with Gasteiger partial charge in [0.15, 0.2) is 0 Å². The first-order chi connectivity index (χ1) is 7.65. The third kappa shape index (κ3) is 2.45. The fraction of sp³-hybridized carbons (Fsp3) is 0.286. The number of anilines is 1. The molecule has 2 nitrogen and oxygen atoms in total. The first kappa shape index (κ1) is 10.8. The predicted molar refractivity (Wildman–Crippen MR) is 66.7 cm³/mol. The van der Waals surface area contributed by atoms with Crippen LogP contribution >= 0.6 is 0 Å². The zero-order chi connectivity index (χ0) is 11.5. The van der Waals surface area contributed by atoms with E-state index in [1.165, 1.54) is 16.7 Å². The second-order valence-electron chi connectivity index (χ2n) is 4.26. The Kier molecular flexibility index (Phi) is 3.00. The molecule has 16 heavy (non-hydrogen) atoms. The SMILES string of the molecule is Cc1cc(C)cc(NCc2occc2C)c1. The van der Waals surface area contributed by atoms with Crippen LogP contribution in [0.25, 0.3) is 0 Å². The van der Waals surface area contributed by atoms with Gasteiger partial charge in [-0.25, -0.2) is 0 Å². The molecule has 0 spiro atoms. The van der Waals surface area contributed by atoms with Crippen molar-refractivity contribution in [3.63, 3.8) is 0 Å². The van der Waals surface area contributed by atoms with Gasteiger partial charge in [-0.3, -0.25) is 0 Å². The molecule has 0 saturated heterocycles. The molecule has 1 N–H and O–H groups in total. The minimum absolute atomic E-state index is 0.738. The van der Waals surface area contributed by atoms with Gasteiger partial charge >= 0.3 is 0 Å². The van der Waals surface area contributed by atoms with Gasteiger partial charge in [-0.05, 0) is 55.7 Å². The number of nitrogens with one attached hydrogen (secondary N) is 1. The molecule has 1 aromatic carbocycles. The highest BCUT2D eigenvalue weighted by molar-refractivity contribution is 5.48. The zero-order valence-electron chi connectivity index (χ0n) is 10.0. The fourth-order valence-corrected chi connectivity index (χ4v) is 1.84. The molecule has 0 saturated carbocycles. The second-order valence-corrected chi connectivity index (χ2v) is 4.26. The molecular weight excluding hydrogens is 198 g/mol. The molecule has 1 aromatic heterocycles. The van der Waals surface area contributed by atoms with Gasteiger partial charge in [-0.15, -0.1) is 0 Å². The van der Waals surface area contributed by atoms with Gasteiger partial charge in [0.2, 0.25) is 0 Å². The van der Waals surface area contributed by atoms with Crippen LogP contribution in [0.5, 0.6) is 0 Å². The molecule has 84 valence electrons. The van der Waals surface area contributed by atoms with Crippen LogP contribution in [0, 0.1) is 20.8 Å². The predicted octanol–water partition coefficient (Wildman–Crippen LogP) is 3.82. The van der Waals surface area contributed by atoms with Crippen molar-refractivity contribution < 1.29 is 4.42 Å². The lowest BCUT2D eigenvalue weighted by Crippen LogP contribution is -2.00. The Morgan fingerprint density at radius 3 is 2.31 bits per heavy atom. The summed E-state index contributed by atoms with van der Waals surface area (Å²) in [6, 6.07) is 8.44. The summed E-state index contributed by atoms with van der Waals surface area (Å²) in [6.07, 6.45) is 1.73. The van der Waals surface area contributed by atoms with Crippen molar-refractivity contribution in [2.75, 3.05) is 5.32 Å². The van der Waals surface area contributed by atoms with Crippen molar-refractivity contribution in [1.82, 2.24) is 0 Å². The molecule has 2 aromatic rings. The highest BCUT2D eigenvalue weighted by Crippen LogP contribution is 2.16. The summed E-state index contributed by atoms with van der Waals surface area (Å²) < 4.78 is 5.38. The second kappa shape index (κ2) is 4.44. The highest BCUT2D eigenvalue weighted by atomic mass is 16.3. The molecule has 2 rings (SSSR count). The number of hydrogen-bond acceptors (Lipinski definition) is 2. The van der Waals surface area contributed by atoms with Gasteiger partial charge in [-0.2, -0.15) is 0 Å². The lowest BCUT2D eigenvalue weighted by molar-refractivity contribution is 0.515. The Hall–Kier alpha value is -1.70. The molecule has 0 fully saturated rings. The summed E-state index contributed by atoms with van der Waals surface area (Å²) in [5.74, 6) is 0.999. The Morgan fingerprint density at radius 2 is 1.75 bits per heavy atom. The van der Waals surface area contributed by atoms with Crippen molar-refractivity contribution in [2.24, 2.45) is 0 Å². The Bertz CT molecular complexity index is 465. The Balaban J connectivity index is 2.07. The van der Waals surface area contributed by atoms with Crippen LogP contribution in [0.15, 0.2) is 34.9 Å². The third-order valence-electron chi connectivity index (χ3n) is 2.64. The quantitative estimate of drug-likeness (QED) is 0.842. The fourth-order valence-electron chi connectivity index (χ4n) is 1.84. The smallest absolute Gasteiger partial charge is 0.125 e. The van der Waals surface area contributed by atoms with E-state index >= 15 is 0 Å². The van der Waals surface area contributed by atoms with E-state index < -0.39 is 0 Å². The summed E-state index contributed by atoms with van der Waals surface area (Å²) in [5, 5.41) is 3.38. The molecule has 0 amide bonds. The zero-order valence-corrected chi connectivity index (χ0v) is 10.0. The molecule has 1 heterocycles. The van der Waals surface area contributed by atoms with Gasteiger partial charge in [0.25, 0.3) is 0 Å². The molecule has 2 heteroatoms. The maximum Gasteiger partial charge on any atom is 0.125 e. The van der Waals surface area contributed by atoms with Gasteiger partial charge < -0.3 is 9.73 Å². The van der Waals surface area contributed by atoms with E-state index in [0.717, 1.165) is 18.0 Å². The number of aryl methyl sites for hydroxylation is 3. The van der Waals surface area contributed by atoms with E-state index in [9.17, 15) is 0 Å². The van der Waals surface area contributed by atoms with Crippen molar-refractivity contribution in [3.05, 3.63) is 53.0 Å². The van der Waals surface area contributed by atoms with Crippen molar-refractivity contribution in [3.8, 4) is 0 Å². The summed E-state index contributed by atoms with van der Waals surface area (Å²) in [6.45, 7) is 7.01. The summed E-state index contributed by atoms with van der Waals surface area (Å²) in [5.41, 5.74) is 4.89. The molecule has 0 atom stereocenters. The molecular formula is C14H17NO. The lowest BCUT2D eigenvalue weighted by atomic mass is 10.1. The minimum Gasteiger partial charge on any atom is -0.467 e. The maximum atomic E-state index is 5.38. The van der Waals surface area contributed by atoms with Crippen LogP contribution in [0.2, 0.25) is 0 Å². The van der Waals surface area contributed by atoms with Crippen LogP contribution in [-0.2, 0) is 6.54 Å². The molecule has 0 aliphatic rings. The minimum atomic E-state index is 0.738. The van der Waals surface area contributed by atoms with E-state index in [1.54, 1.807) is 6.26 Å². The normalized spacial score (nSPS) is 10.4. The van der Waals surface area contributed by atoms with Crippen molar-refractivity contribution in [1.29, 1.82) is 0 Å². The third-order valence-corrected chi connectivity index (χ3v) is 2.64. The van der Waals surface area contributed by atoms with Gasteiger partial charge in [-0.1, -0.05) is 6.07 Å². The molecule has 0 bridgehead atoms. The monoisotopic (exact) mass is 215 g/mol. The van der Waals surface area contributed by atoms with Gasteiger partial charge in [0.1, 0.15) is 5.76 Å². The standard InChI is InChI=1S/C14H17NO/c1-10-6-11(2)8-13(7-10)15-9-14-12(3)4-5-16-14/h4-8,15H,9H2,1-3H3. The van der Waals surface area contributed by atoms with Crippen LogP contribution in [0.3, 0.4) is 0 Å². The van der Waals surface area contributed by atoms with Crippen molar-refractivity contribution >= 4 is 5.69 Å². The Labute approximate surface area is 96.3 Å². The number of hydrogen-bond donors (Lipinski definition) is 1. The van der Waals surface area contributed by atoms with Gasteiger partial charge in [0.05, 0.1) is 12.8 Å². The molecule has 0 radical (unpaired) electrons. The molecule has 0 unspecified atom stereocenters. The average Bonchev–Trinajstić information content (AvgIpc) is 2.59. The topological polar surface area (TPSA) is 25.2 Å². The lowest BCUT2D eigenvalue weighted by Gasteiger charge is -2.07. The van der Waals surface area contributed by atoms with E-state index in [0.29, 0.717) is 0 Å². The van der Waals surface area contributed by atoms with Crippen LogP contribution in [0.4, 0.5) is 5.69 Å². The maximum absolute atomic E-state index is 5.38. The Morgan fingerprint density at radius 1 is 1.06 bits per heavy atom. The van der Waals surface area contributed by atoms with Crippen LogP contribution in [-0.4, -0.2) is 0 Å². The van der Waals surface area contributed by atoms with E-state index in [4.69, 9.17) is 4.42 Å². The molecule has 0 aliphatic heterocycles. The van der Waals surface area contributed by atoms with E-state index in [2.05, 4.69) is 44.3 Å². The highest BCUT2D eigenvalue weighted by Gasteiger charge is 2.01. The first-order valence-electron chi connectivity index (χ1n) is 5.50. The first-order valence-corrected chi connectivity index (χ1v) is 5.50. The van der Waals surface area contributed by atoms with Crippen LogP contribution < -0.4 is 5.32 Å². The molecule has 0 aliphatic carbocycles. The number of benzene rings is 1. The van der Waals surface area contributed by atoms with E-state index in [-0.39, 0.29) is 0 Å². The van der Waals surface area contributed by atoms with E-state index in [1.807, 2.05) is 6.07 Å². The van der Waals surface area contributed by atoms with Gasteiger partial charge in [0, 0.05) is 5.69 Å². The largest absolute Gasteiger partial charge is 0.467 e. The van der Waals surface area contributed by atoms with Crippen LogP contribution in [0.1, 0.15) is 22.5 Å². The number of furan rings is 1. The average molecular weight is 215 g/mol. The summed E-state index contributed by atoms with van der Waals surface area (Å²) in [7, 11) is 0.